The van der Waals surface area contributed by atoms with Crippen LogP contribution in [0.4, 0.5) is 20.2 Å². The van der Waals surface area contributed by atoms with E-state index in [2.05, 4.69) is 5.32 Å². The molecule has 0 spiro atoms. The van der Waals surface area contributed by atoms with Gasteiger partial charge in [-0.15, -0.1) is 0 Å². The lowest BCUT2D eigenvalue weighted by Gasteiger charge is -2.09. The fraction of sp³-hybridized carbons (Fsp3) is 0.0714. The zero-order valence-electron chi connectivity index (χ0n) is 10.4. The summed E-state index contributed by atoms with van der Waals surface area (Å²) < 4.78 is 30.9. The highest BCUT2D eigenvalue weighted by Crippen LogP contribution is 2.21. The second kappa shape index (κ2) is 6.01. The standard InChI is InChI=1S/C14H12F2N2O2/c15-9-2-1-3-11(6-9)18-14(19)8-20-13-5-4-10(16)7-12(13)17/h1-7H,8,17H2,(H,18,19). The lowest BCUT2D eigenvalue weighted by atomic mass is 10.3. The van der Waals surface area contributed by atoms with E-state index in [0.717, 1.165) is 6.07 Å². The third-order valence-electron chi connectivity index (χ3n) is 2.44. The number of hydrogen-bond acceptors (Lipinski definition) is 3. The molecule has 20 heavy (non-hydrogen) atoms. The third-order valence-corrected chi connectivity index (χ3v) is 2.44. The molecule has 0 saturated carbocycles. The van der Waals surface area contributed by atoms with Gasteiger partial charge in [-0.1, -0.05) is 6.07 Å². The molecule has 0 aromatic heterocycles. The molecule has 3 N–H and O–H groups in total. The Balaban J connectivity index is 1.92. The second-order valence-electron chi connectivity index (χ2n) is 4.03. The number of nitrogen functional groups attached to an aromatic ring is 1. The van der Waals surface area contributed by atoms with Gasteiger partial charge in [-0.3, -0.25) is 4.79 Å². The topological polar surface area (TPSA) is 64.3 Å². The average Bonchev–Trinajstić information content (AvgIpc) is 2.37. The van der Waals surface area contributed by atoms with Crippen molar-refractivity contribution in [2.24, 2.45) is 0 Å². The van der Waals surface area contributed by atoms with Gasteiger partial charge in [-0.25, -0.2) is 8.78 Å². The van der Waals surface area contributed by atoms with Crippen molar-refractivity contribution in [3.63, 3.8) is 0 Å². The maximum absolute atomic E-state index is 12.9. The van der Waals surface area contributed by atoms with E-state index in [0.29, 0.717) is 5.69 Å². The van der Waals surface area contributed by atoms with E-state index in [1.165, 1.54) is 30.3 Å². The van der Waals surface area contributed by atoms with Crippen molar-refractivity contribution >= 4 is 17.3 Å². The van der Waals surface area contributed by atoms with Crippen LogP contribution in [0.1, 0.15) is 0 Å². The molecular formula is C14H12F2N2O2. The Morgan fingerprint density at radius 3 is 2.60 bits per heavy atom. The molecule has 0 heterocycles. The van der Waals surface area contributed by atoms with Crippen LogP contribution in [0.3, 0.4) is 0 Å². The van der Waals surface area contributed by atoms with Crippen molar-refractivity contribution in [1.82, 2.24) is 0 Å². The van der Waals surface area contributed by atoms with E-state index in [4.69, 9.17) is 10.5 Å². The Labute approximate surface area is 114 Å². The fourth-order valence-corrected chi connectivity index (χ4v) is 1.56. The van der Waals surface area contributed by atoms with Crippen molar-refractivity contribution in [1.29, 1.82) is 0 Å². The Bertz CT molecular complexity index is 632. The van der Waals surface area contributed by atoms with E-state index >= 15 is 0 Å². The average molecular weight is 278 g/mol. The summed E-state index contributed by atoms with van der Waals surface area (Å²) >= 11 is 0. The zero-order valence-corrected chi connectivity index (χ0v) is 10.4. The summed E-state index contributed by atoms with van der Waals surface area (Å²) in [6, 6.07) is 9.09. The van der Waals surface area contributed by atoms with Crippen molar-refractivity contribution in [2.45, 2.75) is 0 Å². The van der Waals surface area contributed by atoms with Crippen LogP contribution in [0.25, 0.3) is 0 Å². The third kappa shape index (κ3) is 3.68. The predicted molar refractivity (Wildman–Crippen MR) is 71.3 cm³/mol. The van der Waals surface area contributed by atoms with E-state index < -0.39 is 17.5 Å². The van der Waals surface area contributed by atoms with Crippen LogP contribution in [-0.4, -0.2) is 12.5 Å². The number of nitrogens with two attached hydrogens (primary N) is 1. The summed E-state index contributed by atoms with van der Waals surface area (Å²) in [5, 5.41) is 2.47. The molecular weight excluding hydrogens is 266 g/mol. The van der Waals surface area contributed by atoms with Gasteiger partial charge in [0.05, 0.1) is 5.69 Å². The van der Waals surface area contributed by atoms with Gasteiger partial charge in [0.25, 0.3) is 5.91 Å². The molecule has 0 radical (unpaired) electrons. The molecule has 4 nitrogen and oxygen atoms in total. The van der Waals surface area contributed by atoms with Crippen LogP contribution in [-0.2, 0) is 4.79 Å². The Morgan fingerprint density at radius 2 is 1.90 bits per heavy atom. The number of nitrogens with one attached hydrogen (secondary N) is 1. The van der Waals surface area contributed by atoms with Crippen molar-refractivity contribution in [2.75, 3.05) is 17.7 Å². The highest BCUT2D eigenvalue weighted by Gasteiger charge is 2.07. The van der Waals surface area contributed by atoms with Gasteiger partial charge in [0.15, 0.2) is 6.61 Å². The van der Waals surface area contributed by atoms with Crippen LogP contribution in [0.15, 0.2) is 42.5 Å². The monoisotopic (exact) mass is 278 g/mol. The van der Waals surface area contributed by atoms with Crippen molar-refractivity contribution in [3.8, 4) is 5.75 Å². The summed E-state index contributed by atoms with van der Waals surface area (Å²) in [5.41, 5.74) is 5.96. The van der Waals surface area contributed by atoms with Gasteiger partial charge in [0, 0.05) is 11.8 Å². The molecule has 0 atom stereocenters. The van der Waals surface area contributed by atoms with Gasteiger partial charge in [0.2, 0.25) is 0 Å². The second-order valence-corrected chi connectivity index (χ2v) is 4.03. The van der Waals surface area contributed by atoms with Crippen LogP contribution in [0.2, 0.25) is 0 Å². The molecule has 0 aliphatic rings. The number of hydrogen-bond donors (Lipinski definition) is 2. The van der Waals surface area contributed by atoms with E-state index in [9.17, 15) is 13.6 Å². The number of anilines is 2. The molecule has 0 saturated heterocycles. The number of ether oxygens (including phenoxy) is 1. The summed E-state index contributed by atoms with van der Waals surface area (Å²) in [7, 11) is 0. The van der Waals surface area contributed by atoms with Crippen LogP contribution in [0.5, 0.6) is 5.75 Å². The summed E-state index contributed by atoms with van der Waals surface area (Å²) in [5.74, 6) is -1.20. The first-order valence-electron chi connectivity index (χ1n) is 5.78. The van der Waals surface area contributed by atoms with Crippen molar-refractivity contribution in [3.05, 3.63) is 54.1 Å². The van der Waals surface area contributed by atoms with E-state index in [1.54, 1.807) is 6.07 Å². The smallest absolute Gasteiger partial charge is 0.262 e. The number of benzene rings is 2. The van der Waals surface area contributed by atoms with Gasteiger partial charge in [-0.05, 0) is 30.3 Å². The van der Waals surface area contributed by atoms with Crippen molar-refractivity contribution < 1.29 is 18.3 Å². The highest BCUT2D eigenvalue weighted by molar-refractivity contribution is 5.91. The molecule has 0 aliphatic heterocycles. The summed E-state index contributed by atoms with van der Waals surface area (Å²) in [6.45, 7) is -0.313. The van der Waals surface area contributed by atoms with E-state index in [1.807, 2.05) is 0 Å². The van der Waals surface area contributed by atoms with E-state index in [-0.39, 0.29) is 18.0 Å². The summed E-state index contributed by atoms with van der Waals surface area (Å²) in [6.07, 6.45) is 0. The molecule has 2 aromatic carbocycles. The Hall–Kier alpha value is -2.63. The molecule has 0 fully saturated rings. The SMILES string of the molecule is Nc1cc(F)ccc1OCC(=O)Nc1cccc(F)c1. The fourth-order valence-electron chi connectivity index (χ4n) is 1.56. The summed E-state index contributed by atoms with van der Waals surface area (Å²) in [4.78, 5) is 11.6. The van der Waals surface area contributed by atoms with Gasteiger partial charge >= 0.3 is 0 Å². The zero-order chi connectivity index (χ0) is 14.5. The normalized spacial score (nSPS) is 10.1. The van der Waals surface area contributed by atoms with Gasteiger partial charge in [0.1, 0.15) is 17.4 Å². The van der Waals surface area contributed by atoms with Gasteiger partial charge in [-0.2, -0.15) is 0 Å². The Morgan fingerprint density at radius 1 is 1.15 bits per heavy atom. The predicted octanol–water partition coefficient (Wildman–Crippen LogP) is 2.56. The molecule has 2 rings (SSSR count). The number of halogens is 2. The maximum Gasteiger partial charge on any atom is 0.262 e. The Kier molecular flexibility index (Phi) is 4.14. The minimum Gasteiger partial charge on any atom is -0.482 e. The minimum atomic E-state index is -0.487. The molecule has 6 heteroatoms. The first-order valence-corrected chi connectivity index (χ1v) is 5.78. The highest BCUT2D eigenvalue weighted by atomic mass is 19.1. The first kappa shape index (κ1) is 13.8. The number of amides is 1. The van der Waals surface area contributed by atoms with Crippen LogP contribution in [0, 0.1) is 11.6 Å². The quantitative estimate of drug-likeness (QED) is 0.845. The van der Waals surface area contributed by atoms with Crippen LogP contribution >= 0.6 is 0 Å². The maximum atomic E-state index is 12.9. The number of carbonyl (C=O) groups excluding carboxylic acids is 1. The molecule has 2 aromatic rings. The lowest BCUT2D eigenvalue weighted by Crippen LogP contribution is -2.20. The molecule has 104 valence electrons. The number of carbonyl (C=O) groups is 1. The first-order chi connectivity index (χ1) is 9.54. The minimum absolute atomic E-state index is 0.101. The molecule has 0 aliphatic carbocycles. The van der Waals surface area contributed by atoms with Crippen LogP contribution < -0.4 is 15.8 Å². The largest absolute Gasteiger partial charge is 0.482 e. The molecule has 0 bridgehead atoms. The molecule has 1 amide bonds. The van der Waals surface area contributed by atoms with Gasteiger partial charge < -0.3 is 15.8 Å². The number of rotatable bonds is 4. The molecule has 0 unspecified atom stereocenters. The lowest BCUT2D eigenvalue weighted by molar-refractivity contribution is -0.118.